The summed E-state index contributed by atoms with van der Waals surface area (Å²) < 4.78 is 11.9. The molecule has 0 N–H and O–H groups in total. The molecule has 2 fully saturated rings. The maximum absolute atomic E-state index is 5.96. The van der Waals surface area contributed by atoms with E-state index in [2.05, 4.69) is 39.9 Å². The summed E-state index contributed by atoms with van der Waals surface area (Å²) >= 11 is 1.85. The molecule has 5 rings (SSSR count). The number of pyridine rings is 1. The third kappa shape index (κ3) is 3.73. The minimum atomic E-state index is -0.0596. The average molecular weight is 439 g/mol. The molecule has 3 aliphatic heterocycles. The number of hydrogen-bond acceptors (Lipinski definition) is 7. The van der Waals surface area contributed by atoms with Crippen molar-refractivity contribution in [3.05, 3.63) is 47.8 Å². The predicted octanol–water partition coefficient (Wildman–Crippen LogP) is 4.68. The zero-order valence-corrected chi connectivity index (χ0v) is 19.3. The van der Waals surface area contributed by atoms with Gasteiger partial charge in [-0.3, -0.25) is 9.98 Å². The first-order chi connectivity index (χ1) is 15.2. The van der Waals surface area contributed by atoms with Gasteiger partial charge < -0.3 is 19.3 Å². The van der Waals surface area contributed by atoms with E-state index in [1.165, 1.54) is 19.3 Å². The molecule has 4 heterocycles. The number of methoxy groups -OCH3 is 2. The van der Waals surface area contributed by atoms with Crippen molar-refractivity contribution in [2.24, 2.45) is 4.99 Å². The Bertz CT molecular complexity index is 962. The summed E-state index contributed by atoms with van der Waals surface area (Å²) in [6.45, 7) is 5.35. The van der Waals surface area contributed by atoms with E-state index in [4.69, 9.17) is 14.5 Å². The first-order valence-electron chi connectivity index (χ1n) is 11.1. The zero-order valence-electron chi connectivity index (χ0n) is 18.5. The van der Waals surface area contributed by atoms with Crippen LogP contribution in [0.2, 0.25) is 0 Å². The van der Waals surface area contributed by atoms with Crippen LogP contribution in [0.15, 0.2) is 41.5 Å². The van der Waals surface area contributed by atoms with E-state index >= 15 is 0 Å². The van der Waals surface area contributed by atoms with E-state index in [-0.39, 0.29) is 12.1 Å². The summed E-state index contributed by atoms with van der Waals surface area (Å²) in [6, 6.07) is 10.4. The molecular formula is C24H30N4O2S. The van der Waals surface area contributed by atoms with Gasteiger partial charge in [-0.15, -0.1) is 0 Å². The molecule has 3 aliphatic rings. The van der Waals surface area contributed by atoms with E-state index in [0.29, 0.717) is 5.25 Å². The fourth-order valence-corrected chi connectivity index (χ4v) is 6.07. The minimum Gasteiger partial charge on any atom is -0.496 e. The van der Waals surface area contributed by atoms with Crippen molar-refractivity contribution < 1.29 is 9.47 Å². The van der Waals surface area contributed by atoms with Crippen molar-refractivity contribution >= 4 is 22.6 Å². The molecule has 0 amide bonds. The Balaban J connectivity index is 1.59. The lowest BCUT2D eigenvalue weighted by molar-refractivity contribution is 0.306. The Morgan fingerprint density at radius 1 is 1.03 bits per heavy atom. The van der Waals surface area contributed by atoms with Crippen LogP contribution in [0.3, 0.4) is 0 Å². The molecular weight excluding hydrogens is 408 g/mol. The molecule has 164 valence electrons. The van der Waals surface area contributed by atoms with Gasteiger partial charge in [-0.05, 0) is 37.5 Å². The number of aliphatic imine (C=N–C) groups is 1. The second-order valence-corrected chi connectivity index (χ2v) is 9.86. The number of aromatic nitrogens is 1. The highest BCUT2D eigenvalue weighted by atomic mass is 32.2. The summed E-state index contributed by atoms with van der Waals surface area (Å²) in [5, 5.41) is 1.63. The van der Waals surface area contributed by atoms with Crippen molar-refractivity contribution in [2.75, 3.05) is 38.8 Å². The van der Waals surface area contributed by atoms with E-state index in [9.17, 15) is 0 Å². The van der Waals surface area contributed by atoms with Gasteiger partial charge in [0.1, 0.15) is 17.5 Å². The quantitative estimate of drug-likeness (QED) is 0.676. The molecule has 1 aromatic carbocycles. The normalized spacial score (nSPS) is 25.4. The van der Waals surface area contributed by atoms with E-state index in [1.54, 1.807) is 14.2 Å². The molecule has 31 heavy (non-hydrogen) atoms. The molecule has 1 aromatic heterocycles. The van der Waals surface area contributed by atoms with Crippen LogP contribution in [-0.4, -0.2) is 54.2 Å². The van der Waals surface area contributed by atoms with Gasteiger partial charge >= 0.3 is 0 Å². The standard InChI is InChI=1S/C24H30N4O2S/c1-16-15-28-23(22(26-24(28)31-16)18-9-5-6-10-25-18)17-13-21(30-3)19(14-20(17)29-2)27-11-7-4-8-12-27/h5-6,9-10,13-14,16,22-23H,4,7-8,11-12,15H2,1-3H3. The predicted molar refractivity (Wildman–Crippen MR) is 127 cm³/mol. The van der Waals surface area contributed by atoms with Crippen LogP contribution in [0, 0.1) is 0 Å². The Kier molecular flexibility index (Phi) is 5.69. The summed E-state index contributed by atoms with van der Waals surface area (Å²) in [5.74, 6) is 1.80. The topological polar surface area (TPSA) is 50.2 Å². The molecule has 7 heteroatoms. The lowest BCUT2D eigenvalue weighted by atomic mass is 9.94. The van der Waals surface area contributed by atoms with Gasteiger partial charge in [0.05, 0.1) is 31.6 Å². The lowest BCUT2D eigenvalue weighted by Gasteiger charge is -2.33. The van der Waals surface area contributed by atoms with E-state index < -0.39 is 0 Å². The summed E-state index contributed by atoms with van der Waals surface area (Å²) in [4.78, 5) is 14.6. The zero-order chi connectivity index (χ0) is 21.4. The molecule has 0 radical (unpaired) electrons. The highest BCUT2D eigenvalue weighted by Crippen LogP contribution is 2.51. The number of anilines is 1. The van der Waals surface area contributed by atoms with Gasteiger partial charge in [0, 0.05) is 42.7 Å². The van der Waals surface area contributed by atoms with Crippen molar-refractivity contribution in [1.82, 2.24) is 9.88 Å². The van der Waals surface area contributed by atoms with Crippen LogP contribution < -0.4 is 14.4 Å². The van der Waals surface area contributed by atoms with E-state index in [0.717, 1.165) is 53.2 Å². The Morgan fingerprint density at radius 2 is 1.84 bits per heavy atom. The lowest BCUT2D eigenvalue weighted by Crippen LogP contribution is -2.31. The van der Waals surface area contributed by atoms with Crippen molar-refractivity contribution in [3.8, 4) is 11.5 Å². The molecule has 0 bridgehead atoms. The monoisotopic (exact) mass is 438 g/mol. The second-order valence-electron chi connectivity index (χ2n) is 8.45. The number of piperidine rings is 1. The van der Waals surface area contributed by atoms with Crippen LogP contribution in [0.1, 0.15) is 49.5 Å². The first kappa shape index (κ1) is 20.5. The van der Waals surface area contributed by atoms with Gasteiger partial charge in [-0.25, -0.2) is 0 Å². The fraction of sp³-hybridized carbons (Fsp3) is 0.500. The molecule has 2 saturated heterocycles. The van der Waals surface area contributed by atoms with Gasteiger partial charge in [-0.1, -0.05) is 24.8 Å². The molecule has 0 aliphatic carbocycles. The number of benzene rings is 1. The maximum Gasteiger partial charge on any atom is 0.160 e. The summed E-state index contributed by atoms with van der Waals surface area (Å²) in [7, 11) is 3.53. The average Bonchev–Trinajstić information content (AvgIpc) is 3.35. The SMILES string of the molecule is COc1cc(N2CCCCC2)c(OC)cc1C1C(c2ccccn2)N=C2SC(C)CN21. The number of rotatable bonds is 5. The Hall–Kier alpha value is -2.41. The molecule has 6 nitrogen and oxygen atoms in total. The third-order valence-corrected chi connectivity index (χ3v) is 7.53. The van der Waals surface area contributed by atoms with Crippen LogP contribution in [0.4, 0.5) is 5.69 Å². The maximum atomic E-state index is 5.96. The van der Waals surface area contributed by atoms with Crippen LogP contribution >= 0.6 is 11.8 Å². The Morgan fingerprint density at radius 3 is 2.55 bits per heavy atom. The van der Waals surface area contributed by atoms with E-state index in [1.807, 2.05) is 30.1 Å². The van der Waals surface area contributed by atoms with Crippen LogP contribution in [-0.2, 0) is 0 Å². The number of amidine groups is 1. The fourth-order valence-electron chi connectivity index (χ4n) is 4.97. The highest BCUT2D eigenvalue weighted by Gasteiger charge is 2.45. The molecule has 2 aromatic rings. The van der Waals surface area contributed by atoms with Crippen LogP contribution in [0.5, 0.6) is 11.5 Å². The van der Waals surface area contributed by atoms with Crippen LogP contribution in [0.25, 0.3) is 0 Å². The van der Waals surface area contributed by atoms with Gasteiger partial charge in [0.2, 0.25) is 0 Å². The highest BCUT2D eigenvalue weighted by molar-refractivity contribution is 8.14. The van der Waals surface area contributed by atoms with Crippen molar-refractivity contribution in [1.29, 1.82) is 0 Å². The third-order valence-electron chi connectivity index (χ3n) is 6.43. The summed E-state index contributed by atoms with van der Waals surface area (Å²) in [5.41, 5.74) is 3.23. The van der Waals surface area contributed by atoms with Gasteiger partial charge in [0.25, 0.3) is 0 Å². The second kappa shape index (κ2) is 8.61. The van der Waals surface area contributed by atoms with Gasteiger partial charge in [0.15, 0.2) is 5.17 Å². The van der Waals surface area contributed by atoms with Crippen molar-refractivity contribution in [2.45, 2.75) is 43.5 Å². The number of thioether (sulfide) groups is 1. The van der Waals surface area contributed by atoms with Gasteiger partial charge in [-0.2, -0.15) is 0 Å². The molecule has 3 atom stereocenters. The molecule has 3 unspecified atom stereocenters. The largest absolute Gasteiger partial charge is 0.496 e. The first-order valence-corrected chi connectivity index (χ1v) is 12.0. The number of nitrogens with zero attached hydrogens (tertiary/aromatic N) is 4. The van der Waals surface area contributed by atoms with Crippen molar-refractivity contribution in [3.63, 3.8) is 0 Å². The summed E-state index contributed by atoms with van der Waals surface area (Å²) in [6.07, 6.45) is 5.59. The molecule has 0 spiro atoms. The minimum absolute atomic E-state index is 0.0432. The molecule has 0 saturated carbocycles. The number of hydrogen-bond donors (Lipinski definition) is 0. The smallest absolute Gasteiger partial charge is 0.160 e. The number of ether oxygens (including phenoxy) is 2. The number of fused-ring (bicyclic) bond motifs is 1. The Labute approximate surface area is 188 Å².